The van der Waals surface area contributed by atoms with E-state index in [1.807, 2.05) is 36.1 Å². The van der Waals surface area contributed by atoms with Crippen molar-refractivity contribution in [1.29, 1.82) is 0 Å². The maximum absolute atomic E-state index is 12.4. The predicted octanol–water partition coefficient (Wildman–Crippen LogP) is 2.86. The quantitative estimate of drug-likeness (QED) is 0.660. The van der Waals surface area contributed by atoms with Crippen molar-refractivity contribution in [2.75, 3.05) is 32.7 Å². The van der Waals surface area contributed by atoms with Gasteiger partial charge in [-0.3, -0.25) is 4.79 Å². The summed E-state index contributed by atoms with van der Waals surface area (Å²) in [4.78, 5) is 21.1. The predicted molar refractivity (Wildman–Crippen MR) is 102 cm³/mol. The third kappa shape index (κ3) is 4.38. The highest BCUT2D eigenvalue weighted by molar-refractivity contribution is 6.31. The molecule has 1 saturated heterocycles. The molecule has 0 radical (unpaired) electrons. The lowest BCUT2D eigenvalue weighted by atomic mass is 10.2. The number of piperazine rings is 1. The number of carbonyl (C=O) groups excluding carboxylic acids is 1. The molecule has 2 heterocycles. The zero-order chi connectivity index (χ0) is 18.4. The smallest absolute Gasteiger partial charge is 0.289 e. The molecular weight excluding hydrogens is 352 g/mol. The molecule has 0 unspecified atom stereocenters. The monoisotopic (exact) mass is 374 g/mol. The summed E-state index contributed by atoms with van der Waals surface area (Å²) < 4.78 is 5.21. The van der Waals surface area contributed by atoms with Crippen molar-refractivity contribution in [3.8, 4) is 0 Å². The Hall–Kier alpha value is -2.47. The highest BCUT2D eigenvalue weighted by Gasteiger charge is 2.25. The zero-order valence-electron chi connectivity index (χ0n) is 14.8. The summed E-state index contributed by atoms with van der Waals surface area (Å²) in [5.41, 5.74) is 0.996. The molecule has 2 aromatic rings. The Kier molecular flexibility index (Phi) is 6.17. The number of aliphatic imine (C=N–C) groups is 1. The minimum atomic E-state index is -0.0624. The van der Waals surface area contributed by atoms with Gasteiger partial charge < -0.3 is 19.5 Å². The maximum atomic E-state index is 12.4. The standard InChI is InChI=1S/C19H23ClN4O2/c1-2-21-19(22-14-15-6-3-4-7-16(15)20)24-11-9-23(10-12-24)18(25)17-8-5-13-26-17/h3-8,13H,2,9-12,14H2,1H3,(H,21,22). The first kappa shape index (κ1) is 18.3. The second-order valence-corrected chi connectivity index (χ2v) is 6.43. The molecule has 0 spiro atoms. The van der Waals surface area contributed by atoms with Crippen LogP contribution >= 0.6 is 11.6 Å². The van der Waals surface area contributed by atoms with Crippen LogP contribution in [-0.2, 0) is 6.54 Å². The first-order chi connectivity index (χ1) is 12.7. The van der Waals surface area contributed by atoms with Crippen LogP contribution < -0.4 is 5.32 Å². The number of nitrogens with one attached hydrogen (secondary N) is 1. The van der Waals surface area contributed by atoms with Crippen LogP contribution in [0.3, 0.4) is 0 Å². The molecule has 0 bridgehead atoms. The third-order valence-corrected chi connectivity index (χ3v) is 4.66. The minimum absolute atomic E-state index is 0.0624. The molecule has 1 aliphatic heterocycles. The molecule has 0 aliphatic carbocycles. The fourth-order valence-corrected chi connectivity index (χ4v) is 3.09. The van der Waals surface area contributed by atoms with Crippen LogP contribution in [0.4, 0.5) is 0 Å². The molecule has 26 heavy (non-hydrogen) atoms. The summed E-state index contributed by atoms with van der Waals surface area (Å²) >= 11 is 6.22. The number of benzene rings is 1. The molecule has 1 aromatic heterocycles. The van der Waals surface area contributed by atoms with Crippen LogP contribution in [0.5, 0.6) is 0 Å². The van der Waals surface area contributed by atoms with E-state index in [0.717, 1.165) is 36.2 Å². The Labute approximate surface area is 158 Å². The SMILES string of the molecule is CCNC(=NCc1ccccc1Cl)N1CCN(C(=O)c2ccco2)CC1. The lowest BCUT2D eigenvalue weighted by Crippen LogP contribution is -2.53. The molecule has 0 saturated carbocycles. The van der Waals surface area contributed by atoms with Gasteiger partial charge >= 0.3 is 0 Å². The molecule has 7 heteroatoms. The summed E-state index contributed by atoms with van der Waals surface area (Å²) in [5, 5.41) is 4.05. The summed E-state index contributed by atoms with van der Waals surface area (Å²) in [7, 11) is 0. The van der Waals surface area contributed by atoms with Crippen molar-refractivity contribution in [2.24, 2.45) is 4.99 Å². The van der Waals surface area contributed by atoms with Gasteiger partial charge in [-0.25, -0.2) is 4.99 Å². The van der Waals surface area contributed by atoms with Crippen LogP contribution in [0.25, 0.3) is 0 Å². The Morgan fingerprint density at radius 1 is 1.15 bits per heavy atom. The van der Waals surface area contributed by atoms with Crippen LogP contribution in [0, 0.1) is 0 Å². The van der Waals surface area contributed by atoms with Crippen molar-refractivity contribution < 1.29 is 9.21 Å². The van der Waals surface area contributed by atoms with Crippen molar-refractivity contribution in [3.05, 3.63) is 59.0 Å². The molecule has 6 nitrogen and oxygen atoms in total. The molecule has 1 aliphatic rings. The summed E-state index contributed by atoms with van der Waals surface area (Å²) in [5.74, 6) is 1.17. The Morgan fingerprint density at radius 3 is 2.54 bits per heavy atom. The zero-order valence-corrected chi connectivity index (χ0v) is 15.6. The van der Waals surface area contributed by atoms with Gasteiger partial charge in [0.1, 0.15) is 0 Å². The summed E-state index contributed by atoms with van der Waals surface area (Å²) in [6.45, 7) is 6.07. The van der Waals surface area contributed by atoms with E-state index < -0.39 is 0 Å². The van der Waals surface area contributed by atoms with E-state index in [1.165, 1.54) is 6.26 Å². The van der Waals surface area contributed by atoms with Gasteiger partial charge in [0.05, 0.1) is 12.8 Å². The van der Waals surface area contributed by atoms with E-state index in [9.17, 15) is 4.79 Å². The second-order valence-electron chi connectivity index (χ2n) is 6.02. The highest BCUT2D eigenvalue weighted by Crippen LogP contribution is 2.16. The van der Waals surface area contributed by atoms with Crippen molar-refractivity contribution in [1.82, 2.24) is 15.1 Å². The molecule has 1 N–H and O–H groups in total. The Balaban J connectivity index is 1.62. The lowest BCUT2D eigenvalue weighted by Gasteiger charge is -2.36. The van der Waals surface area contributed by atoms with Gasteiger partial charge in [0, 0.05) is 37.7 Å². The fraction of sp³-hybridized carbons (Fsp3) is 0.368. The second kappa shape index (κ2) is 8.76. The van der Waals surface area contributed by atoms with Gasteiger partial charge in [0.2, 0.25) is 0 Å². The van der Waals surface area contributed by atoms with E-state index in [-0.39, 0.29) is 5.91 Å². The molecule has 1 fully saturated rings. The largest absolute Gasteiger partial charge is 0.459 e. The lowest BCUT2D eigenvalue weighted by molar-refractivity contribution is 0.0657. The van der Waals surface area contributed by atoms with Gasteiger partial charge in [0.25, 0.3) is 5.91 Å². The van der Waals surface area contributed by atoms with Crippen LogP contribution in [0.15, 0.2) is 52.1 Å². The average molecular weight is 375 g/mol. The van der Waals surface area contributed by atoms with Crippen LogP contribution in [0.1, 0.15) is 23.0 Å². The third-order valence-electron chi connectivity index (χ3n) is 4.29. The number of amides is 1. The number of hydrogen-bond acceptors (Lipinski definition) is 3. The number of nitrogens with zero attached hydrogens (tertiary/aromatic N) is 3. The van der Waals surface area contributed by atoms with E-state index >= 15 is 0 Å². The molecule has 1 aromatic carbocycles. The van der Waals surface area contributed by atoms with Gasteiger partial charge in [0.15, 0.2) is 11.7 Å². The molecule has 138 valence electrons. The van der Waals surface area contributed by atoms with Crippen molar-refractivity contribution >= 4 is 23.5 Å². The van der Waals surface area contributed by atoms with Gasteiger partial charge in [-0.1, -0.05) is 29.8 Å². The Morgan fingerprint density at radius 2 is 1.88 bits per heavy atom. The van der Waals surface area contributed by atoms with Gasteiger partial charge in [-0.05, 0) is 30.7 Å². The summed E-state index contributed by atoms with van der Waals surface area (Å²) in [6, 6.07) is 11.2. The molecule has 0 atom stereocenters. The maximum Gasteiger partial charge on any atom is 0.289 e. The first-order valence-electron chi connectivity index (χ1n) is 8.78. The number of hydrogen-bond donors (Lipinski definition) is 1. The van der Waals surface area contributed by atoms with Crippen molar-refractivity contribution in [2.45, 2.75) is 13.5 Å². The number of halogens is 1. The number of furan rings is 1. The highest BCUT2D eigenvalue weighted by atomic mass is 35.5. The number of rotatable bonds is 4. The number of carbonyl (C=O) groups is 1. The first-order valence-corrected chi connectivity index (χ1v) is 9.16. The normalized spacial score (nSPS) is 15.2. The van der Waals surface area contributed by atoms with Crippen LogP contribution in [0.2, 0.25) is 5.02 Å². The Bertz CT molecular complexity index is 753. The van der Waals surface area contributed by atoms with Gasteiger partial charge in [-0.15, -0.1) is 0 Å². The fourth-order valence-electron chi connectivity index (χ4n) is 2.89. The van der Waals surface area contributed by atoms with Crippen molar-refractivity contribution in [3.63, 3.8) is 0 Å². The molecule has 1 amide bonds. The van der Waals surface area contributed by atoms with Gasteiger partial charge in [-0.2, -0.15) is 0 Å². The van der Waals surface area contributed by atoms with E-state index in [1.54, 1.807) is 12.1 Å². The molecular formula is C19H23ClN4O2. The van der Waals surface area contributed by atoms with Crippen LogP contribution in [-0.4, -0.2) is 54.4 Å². The molecule has 3 rings (SSSR count). The minimum Gasteiger partial charge on any atom is -0.459 e. The topological polar surface area (TPSA) is 61.1 Å². The number of guanidine groups is 1. The summed E-state index contributed by atoms with van der Waals surface area (Å²) in [6.07, 6.45) is 1.52. The average Bonchev–Trinajstić information content (AvgIpc) is 3.21. The van der Waals surface area contributed by atoms with E-state index in [2.05, 4.69) is 10.2 Å². The van der Waals surface area contributed by atoms with E-state index in [0.29, 0.717) is 25.4 Å². The van der Waals surface area contributed by atoms with E-state index in [4.69, 9.17) is 21.0 Å².